The number of thiophene rings is 1. The van der Waals surface area contributed by atoms with Gasteiger partial charge in [-0.2, -0.15) is 5.10 Å². The second kappa shape index (κ2) is 7.93. The fourth-order valence-corrected chi connectivity index (χ4v) is 3.52. The van der Waals surface area contributed by atoms with E-state index < -0.39 is 0 Å². The quantitative estimate of drug-likeness (QED) is 0.356. The van der Waals surface area contributed by atoms with Crippen LogP contribution in [0.3, 0.4) is 0 Å². The lowest BCUT2D eigenvalue weighted by molar-refractivity contribution is 0.104. The minimum atomic E-state index is -0.0506. The van der Waals surface area contributed by atoms with E-state index in [0.29, 0.717) is 12.1 Å². The molecule has 0 unspecified atom stereocenters. The van der Waals surface area contributed by atoms with Crippen molar-refractivity contribution in [3.05, 3.63) is 101 Å². The Balaban J connectivity index is 1.64. The molecule has 5 heteroatoms. The van der Waals surface area contributed by atoms with Gasteiger partial charge in [-0.1, -0.05) is 36.4 Å². The van der Waals surface area contributed by atoms with Gasteiger partial charge in [-0.3, -0.25) is 14.5 Å². The highest BCUT2D eigenvalue weighted by Crippen LogP contribution is 2.28. The Labute approximate surface area is 161 Å². The summed E-state index contributed by atoms with van der Waals surface area (Å²) in [5.74, 6) is -0.0506. The minimum Gasteiger partial charge on any atom is -0.289 e. The lowest BCUT2D eigenvalue weighted by atomic mass is 10.1. The zero-order valence-electron chi connectivity index (χ0n) is 14.5. The predicted octanol–water partition coefficient (Wildman–Crippen LogP) is 4.95. The van der Waals surface area contributed by atoms with Crippen molar-refractivity contribution in [1.29, 1.82) is 0 Å². The monoisotopic (exact) mass is 371 g/mol. The summed E-state index contributed by atoms with van der Waals surface area (Å²) in [6, 6.07) is 17.7. The highest BCUT2D eigenvalue weighted by atomic mass is 32.1. The van der Waals surface area contributed by atoms with Crippen molar-refractivity contribution in [3.8, 4) is 10.6 Å². The molecule has 4 aromatic rings. The highest BCUT2D eigenvalue weighted by Gasteiger charge is 2.11. The number of nitrogens with zero attached hydrogens (tertiary/aromatic N) is 3. The number of benzene rings is 1. The van der Waals surface area contributed by atoms with Gasteiger partial charge in [0.2, 0.25) is 0 Å². The zero-order chi connectivity index (χ0) is 18.5. The highest BCUT2D eigenvalue weighted by molar-refractivity contribution is 7.13. The average molecular weight is 371 g/mol. The molecule has 4 nitrogen and oxygen atoms in total. The Morgan fingerprint density at radius 1 is 1.04 bits per heavy atom. The molecule has 1 aromatic carbocycles. The molecule has 0 spiro atoms. The van der Waals surface area contributed by atoms with Crippen molar-refractivity contribution in [2.24, 2.45) is 0 Å². The minimum absolute atomic E-state index is 0.0506. The third-order valence-electron chi connectivity index (χ3n) is 4.11. The van der Waals surface area contributed by atoms with Gasteiger partial charge in [0.05, 0.1) is 11.4 Å². The smallest absolute Gasteiger partial charge is 0.185 e. The summed E-state index contributed by atoms with van der Waals surface area (Å²) in [5.41, 5.74) is 3.62. The van der Waals surface area contributed by atoms with Crippen LogP contribution >= 0.6 is 11.3 Å². The molecule has 0 amide bonds. The molecule has 27 heavy (non-hydrogen) atoms. The van der Waals surface area contributed by atoms with E-state index in [1.165, 1.54) is 5.56 Å². The van der Waals surface area contributed by atoms with Gasteiger partial charge in [0.15, 0.2) is 5.78 Å². The van der Waals surface area contributed by atoms with E-state index in [1.54, 1.807) is 41.9 Å². The lowest BCUT2D eigenvalue weighted by Crippen LogP contribution is -1.99. The maximum Gasteiger partial charge on any atom is 0.185 e. The molecule has 0 aliphatic heterocycles. The summed E-state index contributed by atoms with van der Waals surface area (Å²) in [6.45, 7) is 0.686. The van der Waals surface area contributed by atoms with Gasteiger partial charge in [-0.05, 0) is 41.3 Å². The number of pyridine rings is 1. The molecule has 0 fully saturated rings. The van der Waals surface area contributed by atoms with E-state index in [-0.39, 0.29) is 5.78 Å². The molecule has 0 saturated carbocycles. The molecule has 0 aliphatic carbocycles. The molecular formula is C22H17N3OS. The first-order valence-electron chi connectivity index (χ1n) is 8.57. The first-order chi connectivity index (χ1) is 13.3. The lowest BCUT2D eigenvalue weighted by Gasteiger charge is -2.00. The van der Waals surface area contributed by atoms with Crippen LogP contribution in [0.5, 0.6) is 0 Å². The Bertz CT molecular complexity index is 1050. The number of hydrogen-bond acceptors (Lipinski definition) is 4. The molecule has 0 N–H and O–H groups in total. The maximum absolute atomic E-state index is 12.4. The van der Waals surface area contributed by atoms with Crippen molar-refractivity contribution in [2.75, 3.05) is 0 Å². The zero-order valence-corrected chi connectivity index (χ0v) is 15.3. The standard InChI is InChI=1S/C22H17N3OS/c26-20(18-10-12-23-13-11-18)9-8-19-16-25(15-17-5-2-1-3-6-17)24-22(19)21-7-4-14-27-21/h1-14,16H,15H2. The Morgan fingerprint density at radius 3 is 2.59 bits per heavy atom. The third-order valence-corrected chi connectivity index (χ3v) is 4.99. The normalized spacial score (nSPS) is 11.1. The fourth-order valence-electron chi connectivity index (χ4n) is 2.79. The number of carbonyl (C=O) groups is 1. The van der Waals surface area contributed by atoms with Gasteiger partial charge in [-0.15, -0.1) is 11.3 Å². The first kappa shape index (κ1) is 17.1. The second-order valence-electron chi connectivity index (χ2n) is 6.03. The van der Waals surface area contributed by atoms with Gasteiger partial charge < -0.3 is 0 Å². The largest absolute Gasteiger partial charge is 0.289 e. The molecular weight excluding hydrogens is 354 g/mol. The Kier molecular flexibility index (Phi) is 5.03. The van der Waals surface area contributed by atoms with Gasteiger partial charge in [0.25, 0.3) is 0 Å². The number of allylic oxidation sites excluding steroid dienone is 1. The van der Waals surface area contributed by atoms with Crippen LogP contribution < -0.4 is 0 Å². The van der Waals surface area contributed by atoms with Crippen LogP contribution in [0.4, 0.5) is 0 Å². The van der Waals surface area contributed by atoms with E-state index in [2.05, 4.69) is 17.1 Å². The van der Waals surface area contributed by atoms with Crippen LogP contribution in [0.15, 0.2) is 84.6 Å². The van der Waals surface area contributed by atoms with Crippen LogP contribution in [-0.4, -0.2) is 20.5 Å². The summed E-state index contributed by atoms with van der Waals surface area (Å²) in [7, 11) is 0. The van der Waals surface area contributed by atoms with Gasteiger partial charge in [0, 0.05) is 29.7 Å². The van der Waals surface area contributed by atoms with E-state index in [1.807, 2.05) is 52.7 Å². The molecule has 0 bridgehead atoms. The van der Waals surface area contributed by atoms with Gasteiger partial charge in [0.1, 0.15) is 5.69 Å². The number of aromatic nitrogens is 3. The van der Waals surface area contributed by atoms with E-state index in [4.69, 9.17) is 5.10 Å². The average Bonchev–Trinajstić information content (AvgIpc) is 3.37. The van der Waals surface area contributed by atoms with Crippen molar-refractivity contribution >= 4 is 23.2 Å². The molecule has 132 valence electrons. The summed E-state index contributed by atoms with van der Waals surface area (Å²) < 4.78 is 1.92. The van der Waals surface area contributed by atoms with Gasteiger partial charge in [-0.25, -0.2) is 0 Å². The number of carbonyl (C=O) groups excluding carboxylic acids is 1. The molecule has 0 aliphatic rings. The van der Waals surface area contributed by atoms with E-state index >= 15 is 0 Å². The van der Waals surface area contributed by atoms with Crippen LogP contribution in [0.2, 0.25) is 0 Å². The van der Waals surface area contributed by atoms with E-state index in [9.17, 15) is 4.79 Å². The molecule has 0 saturated heterocycles. The maximum atomic E-state index is 12.4. The fraction of sp³-hybridized carbons (Fsp3) is 0.0455. The van der Waals surface area contributed by atoms with Gasteiger partial charge >= 0.3 is 0 Å². The SMILES string of the molecule is O=C(C=Cc1cn(Cc2ccccc2)nc1-c1cccs1)c1ccncc1. The van der Waals surface area contributed by atoms with Crippen LogP contribution in [0.25, 0.3) is 16.6 Å². The second-order valence-corrected chi connectivity index (χ2v) is 6.97. The van der Waals surface area contributed by atoms with Crippen molar-refractivity contribution < 1.29 is 4.79 Å². The number of ketones is 1. The molecule has 3 heterocycles. The topological polar surface area (TPSA) is 47.8 Å². The molecule has 0 radical (unpaired) electrons. The Hall–Kier alpha value is -3.31. The summed E-state index contributed by atoms with van der Waals surface area (Å²) in [4.78, 5) is 17.4. The summed E-state index contributed by atoms with van der Waals surface area (Å²) >= 11 is 1.64. The van der Waals surface area contributed by atoms with Crippen molar-refractivity contribution in [1.82, 2.24) is 14.8 Å². The molecule has 0 atom stereocenters. The Morgan fingerprint density at radius 2 is 1.85 bits per heavy atom. The van der Waals surface area contributed by atoms with Crippen LogP contribution in [-0.2, 0) is 6.54 Å². The van der Waals surface area contributed by atoms with Crippen LogP contribution in [0, 0.1) is 0 Å². The number of rotatable bonds is 6. The van der Waals surface area contributed by atoms with Crippen molar-refractivity contribution in [3.63, 3.8) is 0 Å². The first-order valence-corrected chi connectivity index (χ1v) is 9.45. The predicted molar refractivity (Wildman–Crippen MR) is 109 cm³/mol. The van der Waals surface area contributed by atoms with E-state index in [0.717, 1.165) is 16.1 Å². The van der Waals surface area contributed by atoms with Crippen molar-refractivity contribution in [2.45, 2.75) is 6.54 Å². The summed E-state index contributed by atoms with van der Waals surface area (Å²) in [6.07, 6.45) is 8.66. The molecule has 4 rings (SSSR count). The number of hydrogen-bond donors (Lipinski definition) is 0. The summed E-state index contributed by atoms with van der Waals surface area (Å²) in [5, 5.41) is 6.78. The third kappa shape index (κ3) is 4.10. The van der Waals surface area contributed by atoms with Crippen LogP contribution in [0.1, 0.15) is 21.5 Å². The molecule has 3 aromatic heterocycles.